The molecule has 0 saturated carbocycles. The average Bonchev–Trinajstić information content (AvgIpc) is 2.88. The summed E-state index contributed by atoms with van der Waals surface area (Å²) >= 11 is 1.90. The molecule has 1 aliphatic rings. The zero-order chi connectivity index (χ0) is 16.8. The number of carbonyl (C=O) groups excluding carboxylic acids is 1. The van der Waals surface area contributed by atoms with E-state index < -0.39 is 15.8 Å². The predicted molar refractivity (Wildman–Crippen MR) is 92.3 cm³/mol. The van der Waals surface area contributed by atoms with E-state index in [0.29, 0.717) is 27.8 Å². The Labute approximate surface area is 146 Å². The Morgan fingerprint density at radius 1 is 1.22 bits per heavy atom. The molecular weight excluding hydrogens is 434 g/mol. The first-order valence-electron chi connectivity index (χ1n) is 6.70. The van der Waals surface area contributed by atoms with Crippen molar-refractivity contribution in [3.8, 4) is 0 Å². The summed E-state index contributed by atoms with van der Waals surface area (Å²) in [5, 5.41) is 5.15. The van der Waals surface area contributed by atoms with E-state index in [0.717, 1.165) is 5.56 Å². The normalized spacial score (nSPS) is 14.0. The molecule has 120 valence electrons. The zero-order valence-corrected chi connectivity index (χ0v) is 14.8. The maximum Gasteiger partial charge on any atom is 0.259 e. The van der Waals surface area contributed by atoms with Crippen molar-refractivity contribution in [2.24, 2.45) is 5.14 Å². The van der Waals surface area contributed by atoms with Crippen LogP contribution in [0.15, 0.2) is 41.3 Å². The third-order valence-corrected chi connectivity index (χ3v) is 5.49. The number of carbonyl (C=O) groups is 1. The Morgan fingerprint density at radius 2 is 1.96 bits per heavy atom. The lowest BCUT2D eigenvalue weighted by Crippen LogP contribution is -2.29. The molecule has 0 atom stereocenters. The van der Waals surface area contributed by atoms with Gasteiger partial charge < -0.3 is 4.90 Å². The van der Waals surface area contributed by atoms with Crippen LogP contribution in [-0.4, -0.2) is 20.9 Å². The molecule has 0 fully saturated rings. The van der Waals surface area contributed by atoms with Gasteiger partial charge in [-0.05, 0) is 64.9 Å². The number of sulfonamides is 1. The third-order valence-electron chi connectivity index (χ3n) is 3.69. The number of halogens is 2. The second-order valence-corrected chi connectivity index (χ2v) is 7.89. The van der Waals surface area contributed by atoms with Gasteiger partial charge in [-0.15, -0.1) is 0 Å². The lowest BCUT2D eigenvalue weighted by Gasteiger charge is -2.18. The van der Waals surface area contributed by atoms with Crippen molar-refractivity contribution in [2.45, 2.75) is 11.3 Å². The Kier molecular flexibility index (Phi) is 4.15. The average molecular weight is 446 g/mol. The minimum absolute atomic E-state index is 0.0373. The Hall–Kier alpha value is -1.52. The number of nitrogens with two attached hydrogens (primary N) is 1. The van der Waals surface area contributed by atoms with Crippen molar-refractivity contribution >= 4 is 44.2 Å². The van der Waals surface area contributed by atoms with Crippen molar-refractivity contribution in [3.63, 3.8) is 0 Å². The smallest absolute Gasteiger partial charge is 0.259 e. The van der Waals surface area contributed by atoms with Crippen molar-refractivity contribution in [2.75, 3.05) is 11.4 Å². The van der Waals surface area contributed by atoms with E-state index in [1.54, 1.807) is 6.07 Å². The number of nitrogens with zero attached hydrogens (tertiary/aromatic N) is 1. The van der Waals surface area contributed by atoms with Gasteiger partial charge in [0.2, 0.25) is 10.0 Å². The third kappa shape index (κ3) is 3.10. The number of amides is 1. The predicted octanol–water partition coefficient (Wildman–Crippen LogP) is 2.28. The molecule has 5 nitrogen and oxygen atoms in total. The quantitative estimate of drug-likeness (QED) is 0.720. The molecule has 0 saturated heterocycles. The molecule has 0 aliphatic carbocycles. The molecule has 0 bridgehead atoms. The minimum Gasteiger partial charge on any atom is -0.308 e. The molecule has 2 aromatic rings. The van der Waals surface area contributed by atoms with Crippen molar-refractivity contribution < 1.29 is 17.6 Å². The van der Waals surface area contributed by atoms with E-state index >= 15 is 0 Å². The van der Waals surface area contributed by atoms with E-state index in [1.807, 2.05) is 22.6 Å². The number of anilines is 1. The van der Waals surface area contributed by atoms with E-state index in [4.69, 9.17) is 5.14 Å². The van der Waals surface area contributed by atoms with Crippen LogP contribution < -0.4 is 10.0 Å². The summed E-state index contributed by atoms with van der Waals surface area (Å²) in [6.07, 6.45) is 0.629. The van der Waals surface area contributed by atoms with Crippen molar-refractivity contribution in [1.82, 2.24) is 0 Å². The van der Waals surface area contributed by atoms with Crippen LogP contribution in [0.5, 0.6) is 0 Å². The van der Waals surface area contributed by atoms with E-state index in [1.165, 1.54) is 35.2 Å². The summed E-state index contributed by atoms with van der Waals surface area (Å²) < 4.78 is 36.7. The van der Waals surface area contributed by atoms with Crippen molar-refractivity contribution in [3.05, 3.63) is 56.9 Å². The molecule has 2 N–H and O–H groups in total. The van der Waals surface area contributed by atoms with Gasteiger partial charge in [-0.1, -0.05) is 6.07 Å². The number of hydrogen-bond acceptors (Lipinski definition) is 3. The van der Waals surface area contributed by atoms with Crippen LogP contribution in [0.4, 0.5) is 10.1 Å². The van der Waals surface area contributed by atoms with E-state index in [-0.39, 0.29) is 10.8 Å². The van der Waals surface area contributed by atoms with Gasteiger partial charge in [-0.2, -0.15) is 0 Å². The second kappa shape index (κ2) is 5.84. The van der Waals surface area contributed by atoms with E-state index in [9.17, 15) is 17.6 Å². The molecule has 1 heterocycles. The standard InChI is InChI=1S/C15H12FIN2O3S/c16-10-2-4-12(13(17)7-10)15(20)19-6-5-9-1-3-11(8-14(9)19)23(18,21)22/h1-4,7-8H,5-6H2,(H2,18,21,22). The Morgan fingerprint density at radius 3 is 2.61 bits per heavy atom. The summed E-state index contributed by atoms with van der Waals surface area (Å²) in [5.41, 5.74) is 1.78. The van der Waals surface area contributed by atoms with Gasteiger partial charge in [0.05, 0.1) is 10.5 Å². The second-order valence-electron chi connectivity index (χ2n) is 5.17. The highest BCUT2D eigenvalue weighted by molar-refractivity contribution is 14.1. The first-order chi connectivity index (χ1) is 10.8. The first kappa shape index (κ1) is 16.3. The molecule has 2 aromatic carbocycles. The van der Waals surface area contributed by atoms with Crippen LogP contribution >= 0.6 is 22.6 Å². The van der Waals surface area contributed by atoms with Crippen LogP contribution in [0.25, 0.3) is 0 Å². The molecule has 1 aliphatic heterocycles. The highest BCUT2D eigenvalue weighted by Gasteiger charge is 2.28. The first-order valence-corrected chi connectivity index (χ1v) is 9.32. The summed E-state index contributed by atoms with van der Waals surface area (Å²) in [5.74, 6) is -0.705. The fraction of sp³-hybridized carbons (Fsp3) is 0.133. The maximum absolute atomic E-state index is 13.2. The number of benzene rings is 2. The Bertz CT molecular complexity index is 915. The van der Waals surface area contributed by atoms with Gasteiger partial charge in [0.25, 0.3) is 5.91 Å². The monoisotopic (exact) mass is 446 g/mol. The topological polar surface area (TPSA) is 80.5 Å². The van der Waals surface area contributed by atoms with Gasteiger partial charge in [-0.3, -0.25) is 4.79 Å². The van der Waals surface area contributed by atoms with Gasteiger partial charge in [0.1, 0.15) is 5.82 Å². The molecule has 8 heteroatoms. The van der Waals surface area contributed by atoms with Gasteiger partial charge in [0.15, 0.2) is 0 Å². The summed E-state index contributed by atoms with van der Waals surface area (Å²) in [7, 11) is -3.84. The van der Waals surface area contributed by atoms with Crippen LogP contribution in [-0.2, 0) is 16.4 Å². The highest BCUT2D eigenvalue weighted by atomic mass is 127. The van der Waals surface area contributed by atoms with Gasteiger partial charge in [0, 0.05) is 15.8 Å². The maximum atomic E-state index is 13.2. The SMILES string of the molecule is NS(=O)(=O)c1ccc2c(c1)N(C(=O)c1ccc(F)cc1I)CC2. The summed E-state index contributed by atoms with van der Waals surface area (Å²) in [4.78, 5) is 14.2. The minimum atomic E-state index is -3.84. The molecule has 0 aromatic heterocycles. The fourth-order valence-corrected chi connectivity index (χ4v) is 3.80. The van der Waals surface area contributed by atoms with Crippen molar-refractivity contribution in [1.29, 1.82) is 0 Å². The van der Waals surface area contributed by atoms with Gasteiger partial charge >= 0.3 is 0 Å². The molecular formula is C15H12FIN2O3S. The highest BCUT2D eigenvalue weighted by Crippen LogP contribution is 2.32. The molecule has 0 unspecified atom stereocenters. The van der Waals surface area contributed by atoms with Gasteiger partial charge in [-0.25, -0.2) is 17.9 Å². The lowest BCUT2D eigenvalue weighted by atomic mass is 10.1. The molecule has 0 spiro atoms. The van der Waals surface area contributed by atoms with Crippen LogP contribution in [0.3, 0.4) is 0 Å². The summed E-state index contributed by atoms with van der Waals surface area (Å²) in [6.45, 7) is 0.440. The number of fused-ring (bicyclic) bond motifs is 1. The summed E-state index contributed by atoms with van der Waals surface area (Å²) in [6, 6.07) is 8.45. The molecule has 0 radical (unpaired) electrons. The van der Waals surface area contributed by atoms with E-state index in [2.05, 4.69) is 0 Å². The van der Waals surface area contributed by atoms with Crippen LogP contribution in [0.1, 0.15) is 15.9 Å². The zero-order valence-electron chi connectivity index (χ0n) is 11.8. The van der Waals surface area contributed by atoms with Crippen LogP contribution in [0, 0.1) is 9.39 Å². The molecule has 1 amide bonds. The molecule has 23 heavy (non-hydrogen) atoms. The van der Waals surface area contributed by atoms with Crippen LogP contribution in [0.2, 0.25) is 0 Å². The number of hydrogen-bond donors (Lipinski definition) is 1. The fourth-order valence-electron chi connectivity index (χ4n) is 2.56. The molecule has 3 rings (SSSR count). The lowest BCUT2D eigenvalue weighted by molar-refractivity contribution is 0.0988. The number of rotatable bonds is 2. The number of primary sulfonamides is 1. The largest absolute Gasteiger partial charge is 0.308 e. The Balaban J connectivity index is 2.03.